The highest BCUT2D eigenvalue weighted by atomic mass is 16.5. The van der Waals surface area contributed by atoms with Crippen LogP contribution in [-0.2, 0) is 14.3 Å². The van der Waals surface area contributed by atoms with Crippen LogP contribution in [0.25, 0.3) is 11.1 Å². The summed E-state index contributed by atoms with van der Waals surface area (Å²) in [6.07, 6.45) is 2.24. The summed E-state index contributed by atoms with van der Waals surface area (Å²) in [7, 11) is 0. The van der Waals surface area contributed by atoms with E-state index in [4.69, 9.17) is 4.74 Å². The van der Waals surface area contributed by atoms with Gasteiger partial charge in [0.1, 0.15) is 12.6 Å². The number of nitrogens with one attached hydrogen (secondary N) is 1. The van der Waals surface area contributed by atoms with Crippen molar-refractivity contribution in [3.8, 4) is 11.1 Å². The van der Waals surface area contributed by atoms with Gasteiger partial charge in [-0.3, -0.25) is 9.59 Å². The second-order valence-electron chi connectivity index (χ2n) is 9.78. The molecule has 7 nitrogen and oxygen atoms in total. The molecule has 34 heavy (non-hydrogen) atoms. The molecule has 0 bridgehead atoms. The number of nitrogens with zero attached hydrogens (tertiary/aromatic N) is 1. The van der Waals surface area contributed by atoms with Gasteiger partial charge < -0.3 is 20.1 Å². The number of benzene rings is 2. The van der Waals surface area contributed by atoms with Crippen LogP contribution in [-0.4, -0.2) is 53.7 Å². The number of rotatable bonds is 7. The third-order valence-electron chi connectivity index (χ3n) is 7.66. The summed E-state index contributed by atoms with van der Waals surface area (Å²) < 4.78 is 5.63. The van der Waals surface area contributed by atoms with Crippen LogP contribution in [0.2, 0.25) is 0 Å². The third-order valence-corrected chi connectivity index (χ3v) is 7.66. The first-order chi connectivity index (χ1) is 16.4. The van der Waals surface area contributed by atoms with Crippen molar-refractivity contribution in [2.24, 2.45) is 11.3 Å². The number of alkyl carbamates (subject to hydrolysis) is 1. The zero-order valence-corrected chi connectivity index (χ0v) is 19.3. The largest absolute Gasteiger partial charge is 0.481 e. The molecule has 3 aliphatic rings. The molecule has 1 saturated heterocycles. The summed E-state index contributed by atoms with van der Waals surface area (Å²) in [5, 5.41) is 12.3. The van der Waals surface area contributed by atoms with E-state index in [1.165, 1.54) is 0 Å². The van der Waals surface area contributed by atoms with Crippen molar-refractivity contribution in [1.29, 1.82) is 0 Å². The van der Waals surface area contributed by atoms with E-state index in [9.17, 15) is 19.5 Å². The van der Waals surface area contributed by atoms with Crippen LogP contribution in [0.3, 0.4) is 0 Å². The number of carbonyl (C=O) groups is 3. The van der Waals surface area contributed by atoms with Crippen LogP contribution in [0.5, 0.6) is 0 Å². The fraction of sp³-hybridized carbons (Fsp3) is 0.444. The maximum atomic E-state index is 13.2. The summed E-state index contributed by atoms with van der Waals surface area (Å²) in [6, 6.07) is 15.5. The molecule has 2 aromatic carbocycles. The molecular formula is C27H30N2O5. The lowest BCUT2D eigenvalue weighted by Crippen LogP contribution is -2.48. The molecule has 7 heteroatoms. The fourth-order valence-electron chi connectivity index (χ4n) is 5.69. The molecule has 2 fully saturated rings. The van der Waals surface area contributed by atoms with Crippen molar-refractivity contribution >= 4 is 18.0 Å². The average Bonchev–Trinajstić information content (AvgIpc) is 3.38. The van der Waals surface area contributed by atoms with Crippen molar-refractivity contribution in [1.82, 2.24) is 10.2 Å². The fourth-order valence-corrected chi connectivity index (χ4v) is 5.69. The van der Waals surface area contributed by atoms with Gasteiger partial charge in [-0.2, -0.15) is 0 Å². The zero-order chi connectivity index (χ0) is 23.9. The first kappa shape index (κ1) is 22.4. The van der Waals surface area contributed by atoms with Crippen LogP contribution in [0, 0.1) is 11.3 Å². The molecule has 2 atom stereocenters. The molecule has 178 valence electrons. The Kier molecular flexibility index (Phi) is 5.80. The van der Waals surface area contributed by atoms with Gasteiger partial charge in [-0.15, -0.1) is 0 Å². The molecule has 2 aliphatic carbocycles. The molecule has 5 rings (SSSR count). The number of aliphatic carboxylic acids is 1. The van der Waals surface area contributed by atoms with Crippen molar-refractivity contribution in [3.63, 3.8) is 0 Å². The minimum absolute atomic E-state index is 0.0527. The summed E-state index contributed by atoms with van der Waals surface area (Å²) in [4.78, 5) is 39.2. The lowest BCUT2D eigenvalue weighted by molar-refractivity contribution is -0.143. The summed E-state index contributed by atoms with van der Waals surface area (Å²) >= 11 is 0. The standard InChI is InChI=1S/C27H30N2O5/c1-2-7-23(24(30)29-14-22(25(31)32)27(16-29)12-13-27)28-26(33)34-15-21-19-10-5-3-8-17(19)18-9-4-6-11-20(18)21/h3-6,8-11,21-23H,2,7,12-16H2,1H3,(H,28,33)(H,31,32)/t22?,23-/m1/s1. The van der Waals surface area contributed by atoms with E-state index in [-0.39, 0.29) is 30.4 Å². The topological polar surface area (TPSA) is 95.9 Å². The minimum Gasteiger partial charge on any atom is -0.481 e. The van der Waals surface area contributed by atoms with Crippen LogP contribution >= 0.6 is 0 Å². The van der Waals surface area contributed by atoms with Gasteiger partial charge in [0.15, 0.2) is 0 Å². The molecule has 1 spiro atoms. The Morgan fingerprint density at radius 2 is 1.71 bits per heavy atom. The number of carbonyl (C=O) groups excluding carboxylic acids is 2. The number of likely N-dealkylation sites (tertiary alicyclic amines) is 1. The number of fused-ring (bicyclic) bond motifs is 3. The SMILES string of the molecule is CCC[C@@H](NC(=O)OCC1c2ccccc2-c2ccccc21)C(=O)N1CC(C(=O)O)C2(CC2)C1. The normalized spacial score (nSPS) is 20.5. The van der Waals surface area contributed by atoms with Crippen molar-refractivity contribution in [2.45, 2.75) is 44.6 Å². The number of carboxylic acids is 1. The maximum absolute atomic E-state index is 13.2. The molecule has 1 aliphatic heterocycles. The van der Waals surface area contributed by atoms with Gasteiger partial charge in [0.25, 0.3) is 0 Å². The number of hydrogen-bond donors (Lipinski definition) is 2. The first-order valence-electron chi connectivity index (χ1n) is 12.1. The molecule has 2 amide bonds. The second-order valence-corrected chi connectivity index (χ2v) is 9.78. The highest BCUT2D eigenvalue weighted by molar-refractivity contribution is 5.87. The van der Waals surface area contributed by atoms with Gasteiger partial charge in [-0.05, 0) is 41.5 Å². The lowest BCUT2D eigenvalue weighted by Gasteiger charge is -2.24. The average molecular weight is 463 g/mol. The molecular weight excluding hydrogens is 432 g/mol. The van der Waals surface area contributed by atoms with Crippen LogP contribution in [0.1, 0.15) is 49.7 Å². The van der Waals surface area contributed by atoms with Gasteiger partial charge in [0, 0.05) is 24.4 Å². The van der Waals surface area contributed by atoms with Crippen LogP contribution in [0.15, 0.2) is 48.5 Å². The maximum Gasteiger partial charge on any atom is 0.407 e. The highest BCUT2D eigenvalue weighted by Crippen LogP contribution is 2.56. The Morgan fingerprint density at radius 3 is 2.24 bits per heavy atom. The Bertz CT molecular complexity index is 1080. The summed E-state index contributed by atoms with van der Waals surface area (Å²) in [5.74, 6) is -1.63. The van der Waals surface area contributed by atoms with Crippen LogP contribution < -0.4 is 5.32 Å². The van der Waals surface area contributed by atoms with E-state index in [0.717, 1.165) is 35.1 Å². The third kappa shape index (κ3) is 3.93. The second kappa shape index (κ2) is 8.78. The Morgan fingerprint density at radius 1 is 1.09 bits per heavy atom. The smallest absolute Gasteiger partial charge is 0.407 e. The Balaban J connectivity index is 1.24. The molecule has 1 saturated carbocycles. The van der Waals surface area contributed by atoms with E-state index < -0.39 is 24.0 Å². The minimum atomic E-state index is -0.843. The summed E-state index contributed by atoms with van der Waals surface area (Å²) in [6.45, 7) is 2.79. The summed E-state index contributed by atoms with van der Waals surface area (Å²) in [5.41, 5.74) is 4.29. The molecule has 0 aromatic heterocycles. The van der Waals surface area contributed by atoms with Gasteiger partial charge in [0.2, 0.25) is 5.91 Å². The first-order valence-corrected chi connectivity index (χ1v) is 12.1. The van der Waals surface area contributed by atoms with Crippen LogP contribution in [0.4, 0.5) is 4.79 Å². The highest BCUT2D eigenvalue weighted by Gasteiger charge is 2.59. The van der Waals surface area contributed by atoms with Gasteiger partial charge >= 0.3 is 12.1 Å². The van der Waals surface area contributed by atoms with E-state index in [1.807, 2.05) is 31.2 Å². The number of amides is 2. The molecule has 1 heterocycles. The molecule has 2 N–H and O–H groups in total. The monoisotopic (exact) mass is 462 g/mol. The Labute approximate surface area is 199 Å². The van der Waals surface area contributed by atoms with E-state index in [1.54, 1.807) is 4.90 Å². The van der Waals surface area contributed by atoms with Crippen molar-refractivity contribution in [3.05, 3.63) is 59.7 Å². The lowest BCUT2D eigenvalue weighted by atomic mass is 9.93. The molecule has 1 unspecified atom stereocenters. The number of hydrogen-bond acceptors (Lipinski definition) is 4. The van der Waals surface area contributed by atoms with Gasteiger partial charge in [-0.1, -0.05) is 61.9 Å². The number of carboxylic acid groups (broad SMARTS) is 1. The zero-order valence-electron chi connectivity index (χ0n) is 19.3. The predicted octanol–water partition coefficient (Wildman–Crippen LogP) is 4.02. The molecule has 2 aromatic rings. The predicted molar refractivity (Wildman–Crippen MR) is 126 cm³/mol. The van der Waals surface area contributed by atoms with E-state index in [2.05, 4.69) is 29.6 Å². The number of ether oxygens (including phenoxy) is 1. The van der Waals surface area contributed by atoms with Crippen molar-refractivity contribution < 1.29 is 24.2 Å². The van der Waals surface area contributed by atoms with Gasteiger partial charge in [-0.25, -0.2) is 4.79 Å². The van der Waals surface area contributed by atoms with E-state index >= 15 is 0 Å². The van der Waals surface area contributed by atoms with Crippen molar-refractivity contribution in [2.75, 3.05) is 19.7 Å². The quantitative estimate of drug-likeness (QED) is 0.648. The molecule has 0 radical (unpaired) electrons. The van der Waals surface area contributed by atoms with E-state index in [0.29, 0.717) is 19.4 Å². The van der Waals surface area contributed by atoms with Gasteiger partial charge in [0.05, 0.1) is 5.92 Å². The Hall–Kier alpha value is -3.35.